The van der Waals surface area contributed by atoms with Gasteiger partial charge in [0.1, 0.15) is 6.17 Å². The average molecular weight is 266 g/mol. The third kappa shape index (κ3) is 1.68. The van der Waals surface area contributed by atoms with Gasteiger partial charge in [0.2, 0.25) is 6.79 Å². The molecule has 1 aliphatic heterocycles. The molecule has 1 aromatic carbocycles. The van der Waals surface area contributed by atoms with E-state index in [1.54, 1.807) is 12.1 Å². The molecule has 1 aliphatic carbocycles. The SMILES string of the molecule is CC(F)c1cc2c(c(C3(C(=O)O)CCC3)c1)OCO2. The number of alkyl halides is 1. The molecule has 1 heterocycles. The van der Waals surface area contributed by atoms with Crippen LogP contribution in [0, 0.1) is 0 Å². The zero-order valence-corrected chi connectivity index (χ0v) is 10.6. The van der Waals surface area contributed by atoms with E-state index < -0.39 is 17.6 Å². The molecule has 0 spiro atoms. The minimum Gasteiger partial charge on any atom is -0.481 e. The van der Waals surface area contributed by atoms with E-state index in [-0.39, 0.29) is 6.79 Å². The van der Waals surface area contributed by atoms with Gasteiger partial charge in [-0.2, -0.15) is 0 Å². The summed E-state index contributed by atoms with van der Waals surface area (Å²) in [5.41, 5.74) is 0.0513. The van der Waals surface area contributed by atoms with E-state index >= 15 is 0 Å². The number of carbonyl (C=O) groups is 1. The van der Waals surface area contributed by atoms with Crippen LogP contribution in [0.2, 0.25) is 0 Å². The van der Waals surface area contributed by atoms with Gasteiger partial charge in [0.05, 0.1) is 5.41 Å². The summed E-state index contributed by atoms with van der Waals surface area (Å²) in [5.74, 6) is 0.0381. The minimum absolute atomic E-state index is 0.0577. The lowest BCUT2D eigenvalue weighted by molar-refractivity contribution is -0.147. The number of ether oxygens (including phenoxy) is 2. The van der Waals surface area contributed by atoms with Gasteiger partial charge < -0.3 is 14.6 Å². The Morgan fingerprint density at radius 3 is 2.68 bits per heavy atom. The number of rotatable bonds is 3. The first-order valence-corrected chi connectivity index (χ1v) is 6.36. The summed E-state index contributed by atoms with van der Waals surface area (Å²) >= 11 is 0. The second-order valence-corrected chi connectivity index (χ2v) is 5.16. The van der Waals surface area contributed by atoms with E-state index in [0.29, 0.717) is 35.5 Å². The van der Waals surface area contributed by atoms with Crippen molar-refractivity contribution >= 4 is 5.97 Å². The van der Waals surface area contributed by atoms with Crippen LogP contribution in [0.4, 0.5) is 4.39 Å². The van der Waals surface area contributed by atoms with Crippen LogP contribution in [0.25, 0.3) is 0 Å². The molecule has 5 heteroatoms. The summed E-state index contributed by atoms with van der Waals surface area (Å²) in [6, 6.07) is 3.20. The van der Waals surface area contributed by atoms with Crippen LogP contribution in [-0.2, 0) is 10.2 Å². The number of hydrogen-bond donors (Lipinski definition) is 1. The molecule has 19 heavy (non-hydrogen) atoms. The topological polar surface area (TPSA) is 55.8 Å². The fourth-order valence-electron chi connectivity index (χ4n) is 2.75. The fourth-order valence-corrected chi connectivity index (χ4v) is 2.75. The molecular formula is C14H15FO4. The number of carboxylic acids is 1. The molecule has 1 unspecified atom stereocenters. The van der Waals surface area contributed by atoms with Crippen molar-refractivity contribution in [2.45, 2.75) is 37.8 Å². The smallest absolute Gasteiger partial charge is 0.314 e. The van der Waals surface area contributed by atoms with Gasteiger partial charge in [0.25, 0.3) is 0 Å². The van der Waals surface area contributed by atoms with Gasteiger partial charge in [-0.3, -0.25) is 4.79 Å². The summed E-state index contributed by atoms with van der Waals surface area (Å²) in [6.45, 7) is 1.48. The number of halogens is 1. The van der Waals surface area contributed by atoms with E-state index in [0.717, 1.165) is 6.42 Å². The normalized spacial score (nSPS) is 20.7. The highest BCUT2D eigenvalue weighted by Crippen LogP contribution is 2.52. The van der Waals surface area contributed by atoms with Crippen LogP contribution in [0.1, 0.15) is 43.5 Å². The maximum absolute atomic E-state index is 13.5. The predicted octanol–water partition coefficient (Wildman–Crippen LogP) is 2.95. The molecule has 2 aliphatic rings. The summed E-state index contributed by atoms with van der Waals surface area (Å²) in [7, 11) is 0. The van der Waals surface area contributed by atoms with Crippen molar-refractivity contribution in [1.82, 2.24) is 0 Å². The van der Waals surface area contributed by atoms with Crippen molar-refractivity contribution in [2.75, 3.05) is 6.79 Å². The van der Waals surface area contributed by atoms with Gasteiger partial charge in [-0.1, -0.05) is 6.42 Å². The molecule has 1 atom stereocenters. The predicted molar refractivity (Wildman–Crippen MR) is 65.3 cm³/mol. The Kier molecular flexibility index (Phi) is 2.66. The Balaban J connectivity index is 2.17. The third-order valence-electron chi connectivity index (χ3n) is 4.09. The Hall–Kier alpha value is -1.78. The molecular weight excluding hydrogens is 251 g/mol. The lowest BCUT2D eigenvalue weighted by Gasteiger charge is -2.38. The van der Waals surface area contributed by atoms with E-state index in [1.165, 1.54) is 6.92 Å². The van der Waals surface area contributed by atoms with Crippen LogP contribution >= 0.6 is 0 Å². The molecule has 1 fully saturated rings. The molecule has 4 nitrogen and oxygen atoms in total. The Labute approximate surface area is 110 Å². The summed E-state index contributed by atoms with van der Waals surface area (Å²) in [6.07, 6.45) is 0.807. The average Bonchev–Trinajstić information content (AvgIpc) is 2.74. The van der Waals surface area contributed by atoms with Gasteiger partial charge >= 0.3 is 5.97 Å². The van der Waals surface area contributed by atoms with Gasteiger partial charge in [-0.25, -0.2) is 4.39 Å². The molecule has 1 aromatic rings. The first kappa shape index (κ1) is 12.3. The highest BCUT2D eigenvalue weighted by Gasteiger charge is 2.49. The van der Waals surface area contributed by atoms with Gasteiger partial charge in [-0.05, 0) is 37.5 Å². The molecule has 3 rings (SSSR count). The van der Waals surface area contributed by atoms with Crippen molar-refractivity contribution in [3.63, 3.8) is 0 Å². The molecule has 0 aromatic heterocycles. The van der Waals surface area contributed by atoms with Crippen LogP contribution in [-0.4, -0.2) is 17.9 Å². The largest absolute Gasteiger partial charge is 0.481 e. The van der Waals surface area contributed by atoms with E-state index in [4.69, 9.17) is 9.47 Å². The second kappa shape index (κ2) is 4.11. The molecule has 0 bridgehead atoms. The van der Waals surface area contributed by atoms with Crippen molar-refractivity contribution in [2.24, 2.45) is 0 Å². The fraction of sp³-hybridized carbons (Fsp3) is 0.500. The molecule has 0 radical (unpaired) electrons. The highest BCUT2D eigenvalue weighted by molar-refractivity contribution is 5.84. The Morgan fingerprint density at radius 2 is 2.16 bits per heavy atom. The van der Waals surface area contributed by atoms with E-state index in [1.807, 2.05) is 0 Å². The lowest BCUT2D eigenvalue weighted by atomic mass is 9.64. The molecule has 1 saturated carbocycles. The van der Waals surface area contributed by atoms with Gasteiger partial charge in [0, 0.05) is 5.56 Å². The van der Waals surface area contributed by atoms with Crippen molar-refractivity contribution < 1.29 is 23.8 Å². The number of fused-ring (bicyclic) bond motifs is 1. The van der Waals surface area contributed by atoms with Gasteiger partial charge in [0.15, 0.2) is 11.5 Å². The Bertz CT molecular complexity index is 534. The first-order chi connectivity index (χ1) is 9.04. The van der Waals surface area contributed by atoms with Crippen molar-refractivity contribution in [3.8, 4) is 11.5 Å². The summed E-state index contributed by atoms with van der Waals surface area (Å²) in [5, 5.41) is 9.51. The zero-order valence-electron chi connectivity index (χ0n) is 10.6. The van der Waals surface area contributed by atoms with E-state index in [2.05, 4.69) is 0 Å². The maximum Gasteiger partial charge on any atom is 0.314 e. The minimum atomic E-state index is -1.17. The van der Waals surface area contributed by atoms with Crippen LogP contribution in [0.5, 0.6) is 11.5 Å². The number of benzene rings is 1. The van der Waals surface area contributed by atoms with Crippen LogP contribution in [0.15, 0.2) is 12.1 Å². The van der Waals surface area contributed by atoms with Crippen LogP contribution in [0.3, 0.4) is 0 Å². The second-order valence-electron chi connectivity index (χ2n) is 5.16. The highest BCUT2D eigenvalue weighted by atomic mass is 19.1. The maximum atomic E-state index is 13.5. The standard InChI is InChI=1S/C14H15FO4/c1-8(15)9-5-10(12-11(6-9)18-7-19-12)14(13(16)17)3-2-4-14/h5-6,8H,2-4,7H2,1H3,(H,16,17). The summed E-state index contributed by atoms with van der Waals surface area (Å²) < 4.78 is 24.2. The van der Waals surface area contributed by atoms with Crippen molar-refractivity contribution in [1.29, 1.82) is 0 Å². The van der Waals surface area contributed by atoms with Gasteiger partial charge in [-0.15, -0.1) is 0 Å². The number of hydrogen-bond acceptors (Lipinski definition) is 3. The first-order valence-electron chi connectivity index (χ1n) is 6.36. The lowest BCUT2D eigenvalue weighted by Crippen LogP contribution is -2.42. The molecule has 0 saturated heterocycles. The Morgan fingerprint density at radius 1 is 1.42 bits per heavy atom. The number of aliphatic carboxylic acids is 1. The quantitative estimate of drug-likeness (QED) is 0.913. The van der Waals surface area contributed by atoms with Crippen molar-refractivity contribution in [3.05, 3.63) is 23.3 Å². The summed E-state index contributed by atoms with van der Waals surface area (Å²) in [4.78, 5) is 11.6. The third-order valence-corrected chi connectivity index (χ3v) is 4.09. The van der Waals surface area contributed by atoms with E-state index in [9.17, 15) is 14.3 Å². The zero-order chi connectivity index (χ0) is 13.6. The van der Waals surface area contributed by atoms with Crippen LogP contribution < -0.4 is 9.47 Å². The molecule has 0 amide bonds. The monoisotopic (exact) mass is 266 g/mol. The molecule has 1 N–H and O–H groups in total. The molecule has 102 valence electrons. The number of carboxylic acid groups (broad SMARTS) is 1.